The van der Waals surface area contributed by atoms with Crippen molar-refractivity contribution in [2.75, 3.05) is 52.4 Å². The Balaban J connectivity index is 1.31. The summed E-state index contributed by atoms with van der Waals surface area (Å²) in [5.74, 6) is -0.648. The normalized spacial score (nSPS) is 19.2. The highest BCUT2D eigenvalue weighted by Crippen LogP contribution is 2.29. The maximum Gasteiger partial charge on any atom is 0.255 e. The molecule has 2 aliphatic heterocycles. The number of ether oxygens (including phenoxy) is 1. The van der Waals surface area contributed by atoms with Crippen LogP contribution in [0.15, 0.2) is 40.1 Å². The van der Waals surface area contributed by atoms with Gasteiger partial charge in [0.1, 0.15) is 17.0 Å². The molecule has 0 aliphatic carbocycles. The number of morpholine rings is 1. The van der Waals surface area contributed by atoms with Crippen molar-refractivity contribution in [3.8, 4) is 0 Å². The Morgan fingerprint density at radius 1 is 1.20 bits per heavy atom. The molecule has 1 aromatic carbocycles. The maximum atomic E-state index is 15.5. The van der Waals surface area contributed by atoms with Crippen molar-refractivity contribution in [2.45, 2.75) is 46.3 Å². The van der Waals surface area contributed by atoms with Gasteiger partial charge in [0.2, 0.25) is 0 Å². The molecule has 0 spiro atoms. The number of aryl methyl sites for hydroxylation is 2. The lowest BCUT2D eigenvalue weighted by atomic mass is 10.1. The third-order valence-corrected chi connectivity index (χ3v) is 8.10. The Morgan fingerprint density at radius 3 is 2.73 bits per heavy atom. The van der Waals surface area contributed by atoms with Gasteiger partial charge in [0.05, 0.1) is 42.0 Å². The summed E-state index contributed by atoms with van der Waals surface area (Å²) in [5, 5.41) is 3.36. The van der Waals surface area contributed by atoms with Crippen LogP contribution in [0, 0.1) is 19.7 Å². The number of aliphatic imine (C=N–C) groups is 2. The molecule has 1 atom stereocenters. The number of halogens is 2. The number of nitrogens with two attached hydrogens (primary N) is 1. The Morgan fingerprint density at radius 2 is 2.02 bits per heavy atom. The summed E-state index contributed by atoms with van der Waals surface area (Å²) in [4.78, 5) is 34.6. The minimum atomic E-state index is -0.828. The second kappa shape index (κ2) is 14.4. The molecule has 240 valence electrons. The number of nitrogens with one attached hydrogen (secondary N) is 1. The minimum absolute atomic E-state index is 0.0128. The summed E-state index contributed by atoms with van der Waals surface area (Å²) in [6, 6.07) is 6.07. The van der Waals surface area contributed by atoms with Crippen molar-refractivity contribution in [3.63, 3.8) is 0 Å². The zero-order valence-electron chi connectivity index (χ0n) is 26.3. The molecule has 45 heavy (non-hydrogen) atoms. The number of benzene rings is 1. The van der Waals surface area contributed by atoms with Gasteiger partial charge in [-0.15, -0.1) is 0 Å². The van der Waals surface area contributed by atoms with E-state index in [9.17, 15) is 4.79 Å². The van der Waals surface area contributed by atoms with E-state index < -0.39 is 11.6 Å². The van der Waals surface area contributed by atoms with Crippen molar-refractivity contribution >= 4 is 41.0 Å². The summed E-state index contributed by atoms with van der Waals surface area (Å²) < 4.78 is 38.3. The fourth-order valence-corrected chi connectivity index (χ4v) is 5.99. The van der Waals surface area contributed by atoms with Gasteiger partial charge in [0.25, 0.3) is 5.91 Å². The minimum Gasteiger partial charge on any atom is -0.390 e. The molecule has 4 heterocycles. The molecular formula is C32H41F2N9O2. The average Bonchev–Trinajstić information content (AvgIpc) is 3.19. The molecule has 2 aromatic heterocycles. The zero-order valence-corrected chi connectivity index (χ0v) is 26.3. The van der Waals surface area contributed by atoms with E-state index in [4.69, 9.17) is 10.5 Å². The maximum absolute atomic E-state index is 15.5. The lowest BCUT2D eigenvalue weighted by molar-refractivity contribution is 0.00630. The molecule has 2 aliphatic rings. The topological polar surface area (TPSA) is 126 Å². The SMILES string of the molecule is Cc1nc(N=C/C(F)=C(\N=CN)c2cc(F)c3nc(C)n(C(C)C)c3c2)ccc1C(=O)N1CCCN(CC2CNCCO2)CC1. The number of aromatic nitrogens is 3. The van der Waals surface area contributed by atoms with E-state index in [1.165, 1.54) is 6.07 Å². The van der Waals surface area contributed by atoms with Crippen LogP contribution in [-0.4, -0.2) is 101 Å². The van der Waals surface area contributed by atoms with Crippen LogP contribution in [0.4, 0.5) is 14.6 Å². The number of hydrogen-bond donors (Lipinski definition) is 2. The third-order valence-electron chi connectivity index (χ3n) is 8.10. The van der Waals surface area contributed by atoms with Gasteiger partial charge in [-0.2, -0.15) is 0 Å². The van der Waals surface area contributed by atoms with E-state index in [2.05, 4.69) is 30.2 Å². The largest absolute Gasteiger partial charge is 0.390 e. The zero-order chi connectivity index (χ0) is 32.1. The first kappa shape index (κ1) is 32.3. The fraction of sp³-hybridized carbons (Fsp3) is 0.469. The number of rotatable bonds is 8. The standard InChI is InChI=1S/C32H41F2N9O2/c1-20(2)43-22(4)40-31-26(33)14-23(15-28(31)43)30(38-19-35)27(34)17-37-29-7-6-25(21(3)39-29)32(44)42-10-5-9-41(11-12-42)18-24-16-36-8-13-45-24/h6-7,14-15,17,19-20,24,36H,5,8-13,16,18H2,1-4H3,(H2,35,38)/b30-27+,37-17?. The van der Waals surface area contributed by atoms with Crippen LogP contribution in [0.5, 0.6) is 0 Å². The van der Waals surface area contributed by atoms with E-state index in [0.717, 1.165) is 58.3 Å². The molecule has 0 radical (unpaired) electrons. The Labute approximate surface area is 261 Å². The number of carbonyl (C=O) groups excluding carboxylic acids is 1. The van der Waals surface area contributed by atoms with Crippen molar-refractivity contribution in [1.82, 2.24) is 29.7 Å². The first-order chi connectivity index (χ1) is 21.7. The second-order valence-corrected chi connectivity index (χ2v) is 11.6. The molecule has 2 saturated heterocycles. The quantitative estimate of drug-likeness (QED) is 0.288. The number of carbonyl (C=O) groups is 1. The first-order valence-electron chi connectivity index (χ1n) is 15.3. The Kier molecular flexibility index (Phi) is 10.3. The van der Waals surface area contributed by atoms with Crippen molar-refractivity contribution in [2.24, 2.45) is 15.7 Å². The summed E-state index contributed by atoms with van der Waals surface area (Å²) in [7, 11) is 0. The van der Waals surface area contributed by atoms with E-state index in [-0.39, 0.29) is 40.6 Å². The number of imidazole rings is 1. The fourth-order valence-electron chi connectivity index (χ4n) is 5.99. The smallest absolute Gasteiger partial charge is 0.255 e. The number of fused-ring (bicyclic) bond motifs is 1. The summed E-state index contributed by atoms with van der Waals surface area (Å²) in [6.45, 7) is 13.7. The van der Waals surface area contributed by atoms with Crippen LogP contribution in [-0.2, 0) is 4.74 Å². The molecule has 11 nitrogen and oxygen atoms in total. The summed E-state index contributed by atoms with van der Waals surface area (Å²) in [5.41, 5.74) is 7.23. The van der Waals surface area contributed by atoms with Crippen molar-refractivity contribution < 1.29 is 18.3 Å². The molecular weight excluding hydrogens is 580 g/mol. The highest BCUT2D eigenvalue weighted by Gasteiger charge is 2.24. The number of hydrogen-bond acceptors (Lipinski definition) is 8. The average molecular weight is 622 g/mol. The predicted molar refractivity (Wildman–Crippen MR) is 172 cm³/mol. The third kappa shape index (κ3) is 7.43. The Hall–Kier alpha value is -4.07. The van der Waals surface area contributed by atoms with E-state index in [1.807, 2.05) is 23.3 Å². The Bertz CT molecular complexity index is 1630. The lowest BCUT2D eigenvalue weighted by Crippen LogP contribution is -2.46. The molecule has 2 fully saturated rings. The van der Waals surface area contributed by atoms with Crippen LogP contribution < -0.4 is 11.1 Å². The van der Waals surface area contributed by atoms with E-state index in [0.29, 0.717) is 35.7 Å². The van der Waals surface area contributed by atoms with Gasteiger partial charge in [-0.05, 0) is 64.9 Å². The van der Waals surface area contributed by atoms with Gasteiger partial charge in [-0.3, -0.25) is 9.69 Å². The van der Waals surface area contributed by atoms with Gasteiger partial charge in [-0.1, -0.05) is 0 Å². The molecule has 1 unspecified atom stereocenters. The number of nitrogens with zero attached hydrogens (tertiary/aromatic N) is 7. The van der Waals surface area contributed by atoms with Gasteiger partial charge in [0.15, 0.2) is 17.5 Å². The monoisotopic (exact) mass is 621 g/mol. The lowest BCUT2D eigenvalue weighted by Gasteiger charge is -2.29. The van der Waals surface area contributed by atoms with Crippen LogP contribution in [0.25, 0.3) is 16.7 Å². The first-order valence-corrected chi connectivity index (χ1v) is 15.3. The van der Waals surface area contributed by atoms with Crippen LogP contribution in [0.3, 0.4) is 0 Å². The number of pyridine rings is 1. The van der Waals surface area contributed by atoms with Crippen LogP contribution in [0.2, 0.25) is 0 Å². The van der Waals surface area contributed by atoms with Gasteiger partial charge < -0.3 is 25.3 Å². The van der Waals surface area contributed by atoms with Crippen LogP contribution >= 0.6 is 0 Å². The highest BCUT2D eigenvalue weighted by molar-refractivity contribution is 5.96. The molecule has 1 amide bonds. The van der Waals surface area contributed by atoms with Crippen molar-refractivity contribution in [3.05, 3.63) is 58.6 Å². The molecule has 3 N–H and O–H groups in total. The molecule has 0 saturated carbocycles. The summed E-state index contributed by atoms with van der Waals surface area (Å²) in [6.07, 6.45) is 2.95. The van der Waals surface area contributed by atoms with E-state index in [1.54, 1.807) is 32.0 Å². The highest BCUT2D eigenvalue weighted by atomic mass is 19.1. The van der Waals surface area contributed by atoms with E-state index >= 15 is 8.78 Å². The molecule has 0 bridgehead atoms. The number of allylic oxidation sites excluding steroid dienone is 1. The molecule has 5 rings (SSSR count). The van der Waals surface area contributed by atoms with Gasteiger partial charge in [-0.25, -0.2) is 28.7 Å². The van der Waals surface area contributed by atoms with Crippen LogP contribution in [0.1, 0.15) is 53.7 Å². The number of amides is 1. The van der Waals surface area contributed by atoms with Crippen molar-refractivity contribution in [1.29, 1.82) is 0 Å². The summed E-state index contributed by atoms with van der Waals surface area (Å²) >= 11 is 0. The molecule has 13 heteroatoms. The van der Waals surface area contributed by atoms with Gasteiger partial charge >= 0.3 is 0 Å². The van der Waals surface area contributed by atoms with Gasteiger partial charge in [0, 0.05) is 50.9 Å². The second-order valence-electron chi connectivity index (χ2n) is 11.6. The predicted octanol–water partition coefficient (Wildman–Crippen LogP) is 3.93. The molecule has 3 aromatic rings.